The van der Waals surface area contributed by atoms with E-state index in [1.165, 1.54) is 0 Å². The van der Waals surface area contributed by atoms with Gasteiger partial charge in [-0.15, -0.1) is 0 Å². The summed E-state index contributed by atoms with van der Waals surface area (Å²) in [5.74, 6) is -0.120. The second kappa shape index (κ2) is 6.20. The fourth-order valence-corrected chi connectivity index (χ4v) is 1.56. The topological polar surface area (TPSA) is 68.1 Å². The Bertz CT molecular complexity index is 417. The molecule has 0 radical (unpaired) electrons. The van der Waals surface area contributed by atoms with E-state index < -0.39 is 4.92 Å². The van der Waals surface area contributed by atoms with Crippen molar-refractivity contribution in [3.8, 4) is 0 Å². The maximum Gasteiger partial charge on any atom is 0.253 e. The third-order valence-corrected chi connectivity index (χ3v) is 2.57. The summed E-state index contributed by atoms with van der Waals surface area (Å²) in [7, 11) is 0. The normalized spacial score (nSPS) is 13.2. The highest BCUT2D eigenvalue weighted by Gasteiger charge is 2.14. The van der Waals surface area contributed by atoms with Crippen LogP contribution in [0.4, 0.5) is 0 Å². The molecule has 0 fully saturated rings. The maximum absolute atomic E-state index is 10.5. The van der Waals surface area contributed by atoms with Gasteiger partial charge >= 0.3 is 0 Å². The molecule has 0 bridgehead atoms. The van der Waals surface area contributed by atoms with Gasteiger partial charge in [0.15, 0.2) is 0 Å². The van der Waals surface area contributed by atoms with Crippen LogP contribution in [0, 0.1) is 10.1 Å². The molecule has 0 amide bonds. The van der Waals surface area contributed by atoms with E-state index in [-0.39, 0.29) is 5.92 Å². The van der Waals surface area contributed by atoms with Crippen molar-refractivity contribution in [2.75, 3.05) is 6.54 Å². The monoisotopic (exact) mass is 255 g/mol. The van der Waals surface area contributed by atoms with Crippen molar-refractivity contribution in [1.29, 1.82) is 0 Å². The van der Waals surface area contributed by atoms with Crippen molar-refractivity contribution in [3.63, 3.8) is 0 Å². The second-order valence-electron chi connectivity index (χ2n) is 3.54. The van der Waals surface area contributed by atoms with E-state index in [1.54, 1.807) is 12.3 Å². The number of nitrogens with zero attached hydrogens (tertiary/aromatic N) is 2. The molecule has 0 saturated heterocycles. The second-order valence-corrected chi connectivity index (χ2v) is 3.92. The van der Waals surface area contributed by atoms with Gasteiger partial charge in [-0.25, -0.2) is 4.98 Å². The first-order valence-electron chi connectivity index (χ1n) is 5.25. The standard InChI is InChI=1S/C11H14ClN3O2/c1-3-13-10(7-15(16)17)8(2)9-4-5-11(12)14-6-9/h4-8,13H,3H2,1-2H3/b10-7+. The Hall–Kier alpha value is -1.62. The summed E-state index contributed by atoms with van der Waals surface area (Å²) in [6.45, 7) is 4.40. The Labute approximate surface area is 105 Å². The zero-order valence-corrected chi connectivity index (χ0v) is 10.4. The summed E-state index contributed by atoms with van der Waals surface area (Å²) in [5.41, 5.74) is 1.44. The quantitative estimate of drug-likeness (QED) is 0.499. The lowest BCUT2D eigenvalue weighted by Crippen LogP contribution is -2.18. The summed E-state index contributed by atoms with van der Waals surface area (Å²) < 4.78 is 0. The van der Waals surface area contributed by atoms with E-state index >= 15 is 0 Å². The van der Waals surface area contributed by atoms with Gasteiger partial charge < -0.3 is 5.32 Å². The van der Waals surface area contributed by atoms with Gasteiger partial charge in [0.1, 0.15) is 5.15 Å². The molecule has 0 saturated carbocycles. The number of nitrogens with one attached hydrogen (secondary N) is 1. The molecular weight excluding hydrogens is 242 g/mol. The summed E-state index contributed by atoms with van der Waals surface area (Å²) in [4.78, 5) is 14.0. The Balaban J connectivity index is 2.95. The van der Waals surface area contributed by atoms with Gasteiger partial charge in [0, 0.05) is 18.7 Å². The highest BCUT2D eigenvalue weighted by molar-refractivity contribution is 6.29. The van der Waals surface area contributed by atoms with Gasteiger partial charge in [-0.2, -0.15) is 0 Å². The zero-order chi connectivity index (χ0) is 12.8. The van der Waals surface area contributed by atoms with Gasteiger partial charge in [0.25, 0.3) is 6.20 Å². The van der Waals surface area contributed by atoms with Crippen LogP contribution in [-0.4, -0.2) is 16.5 Å². The lowest BCUT2D eigenvalue weighted by molar-refractivity contribution is -0.404. The molecule has 5 nitrogen and oxygen atoms in total. The molecule has 17 heavy (non-hydrogen) atoms. The molecule has 0 aromatic carbocycles. The summed E-state index contributed by atoms with van der Waals surface area (Å²) in [6.07, 6.45) is 2.61. The molecule has 1 N–H and O–H groups in total. The highest BCUT2D eigenvalue weighted by atomic mass is 35.5. The molecule has 1 heterocycles. The van der Waals surface area contributed by atoms with Crippen molar-refractivity contribution in [3.05, 3.63) is 51.1 Å². The van der Waals surface area contributed by atoms with Crippen LogP contribution >= 0.6 is 11.6 Å². The molecule has 1 aromatic rings. The van der Waals surface area contributed by atoms with Crippen LogP contribution in [0.1, 0.15) is 25.3 Å². The van der Waals surface area contributed by atoms with Crippen LogP contribution in [0.2, 0.25) is 5.15 Å². The van der Waals surface area contributed by atoms with E-state index in [1.807, 2.05) is 19.9 Å². The number of halogens is 1. The van der Waals surface area contributed by atoms with Crippen LogP contribution in [0.25, 0.3) is 0 Å². The molecule has 6 heteroatoms. The smallest absolute Gasteiger partial charge is 0.253 e. The van der Waals surface area contributed by atoms with Crippen molar-refractivity contribution in [2.24, 2.45) is 0 Å². The fourth-order valence-electron chi connectivity index (χ4n) is 1.45. The Morgan fingerprint density at radius 1 is 1.71 bits per heavy atom. The number of likely N-dealkylation sites (N-methyl/N-ethyl adjacent to an activating group) is 1. The van der Waals surface area contributed by atoms with Crippen molar-refractivity contribution >= 4 is 11.6 Å². The van der Waals surface area contributed by atoms with Crippen LogP contribution in [0.5, 0.6) is 0 Å². The third-order valence-electron chi connectivity index (χ3n) is 2.34. The first kappa shape index (κ1) is 13.4. The first-order chi connectivity index (χ1) is 8.04. The zero-order valence-electron chi connectivity index (χ0n) is 9.68. The summed E-state index contributed by atoms with van der Waals surface area (Å²) in [6, 6.07) is 3.48. The molecule has 1 aromatic heterocycles. The average molecular weight is 256 g/mol. The van der Waals surface area contributed by atoms with E-state index in [0.29, 0.717) is 17.4 Å². The van der Waals surface area contributed by atoms with Gasteiger partial charge in [-0.05, 0) is 18.6 Å². The molecule has 1 atom stereocenters. The SMILES string of the molecule is CCN/C(=C/[N+](=O)[O-])C(C)c1ccc(Cl)nc1. The number of hydrogen-bond donors (Lipinski definition) is 1. The third kappa shape index (κ3) is 4.03. The van der Waals surface area contributed by atoms with E-state index in [4.69, 9.17) is 11.6 Å². The van der Waals surface area contributed by atoms with E-state index in [9.17, 15) is 10.1 Å². The molecule has 0 aliphatic heterocycles. The van der Waals surface area contributed by atoms with E-state index in [2.05, 4.69) is 10.3 Å². The molecule has 0 aliphatic rings. The Kier molecular flexibility index (Phi) is 4.90. The summed E-state index contributed by atoms with van der Waals surface area (Å²) >= 11 is 5.69. The number of aromatic nitrogens is 1. The first-order valence-corrected chi connectivity index (χ1v) is 5.63. The number of nitro groups is 1. The predicted molar refractivity (Wildman–Crippen MR) is 66.4 cm³/mol. The number of pyridine rings is 1. The molecule has 0 spiro atoms. The Morgan fingerprint density at radius 3 is 2.88 bits per heavy atom. The van der Waals surface area contributed by atoms with Crippen LogP contribution in [0.3, 0.4) is 0 Å². The molecular formula is C11H14ClN3O2. The van der Waals surface area contributed by atoms with Crippen LogP contribution < -0.4 is 5.32 Å². The van der Waals surface area contributed by atoms with Crippen LogP contribution in [-0.2, 0) is 0 Å². The number of allylic oxidation sites excluding steroid dienone is 1. The van der Waals surface area contributed by atoms with Gasteiger partial charge in [-0.1, -0.05) is 24.6 Å². The minimum Gasteiger partial charge on any atom is -0.383 e. The van der Waals surface area contributed by atoms with Gasteiger partial charge in [0.2, 0.25) is 0 Å². The van der Waals surface area contributed by atoms with Crippen LogP contribution in [0.15, 0.2) is 30.2 Å². The lowest BCUT2D eigenvalue weighted by Gasteiger charge is -2.14. The number of hydrogen-bond acceptors (Lipinski definition) is 4. The largest absolute Gasteiger partial charge is 0.383 e. The van der Waals surface area contributed by atoms with Crippen molar-refractivity contribution in [2.45, 2.75) is 19.8 Å². The molecule has 92 valence electrons. The minimum absolute atomic E-state index is 0.120. The van der Waals surface area contributed by atoms with Gasteiger partial charge in [0.05, 0.1) is 10.6 Å². The maximum atomic E-state index is 10.5. The van der Waals surface area contributed by atoms with E-state index in [0.717, 1.165) is 11.8 Å². The lowest BCUT2D eigenvalue weighted by atomic mass is 10.00. The summed E-state index contributed by atoms with van der Waals surface area (Å²) in [5, 5.41) is 13.9. The predicted octanol–water partition coefficient (Wildman–Crippen LogP) is 2.57. The Morgan fingerprint density at radius 2 is 2.41 bits per heavy atom. The minimum atomic E-state index is -0.460. The van der Waals surface area contributed by atoms with Gasteiger partial charge in [-0.3, -0.25) is 10.1 Å². The average Bonchev–Trinajstić information content (AvgIpc) is 2.28. The molecule has 1 rings (SSSR count). The number of rotatable bonds is 5. The van der Waals surface area contributed by atoms with Crippen molar-refractivity contribution in [1.82, 2.24) is 10.3 Å². The molecule has 1 unspecified atom stereocenters. The fraction of sp³-hybridized carbons (Fsp3) is 0.364. The highest BCUT2D eigenvalue weighted by Crippen LogP contribution is 2.22. The molecule has 0 aliphatic carbocycles. The van der Waals surface area contributed by atoms with Crippen molar-refractivity contribution < 1.29 is 4.92 Å².